The first-order chi connectivity index (χ1) is 7.59. The molecule has 2 atom stereocenters. The van der Waals surface area contributed by atoms with Crippen molar-refractivity contribution in [1.29, 1.82) is 0 Å². The maximum absolute atomic E-state index is 11.4. The lowest BCUT2D eigenvalue weighted by Gasteiger charge is -2.22. The maximum Gasteiger partial charge on any atom is 0.325 e. The van der Waals surface area contributed by atoms with Gasteiger partial charge in [-0.1, -0.05) is 0 Å². The quantitative estimate of drug-likeness (QED) is 0.634. The van der Waals surface area contributed by atoms with Crippen molar-refractivity contribution >= 4 is 11.9 Å². The van der Waals surface area contributed by atoms with Crippen molar-refractivity contribution in [2.24, 2.45) is 5.92 Å². The molecule has 1 rings (SSSR count). The minimum absolute atomic E-state index is 0.166. The van der Waals surface area contributed by atoms with Crippen LogP contribution in [0.2, 0.25) is 0 Å². The molecule has 0 saturated carbocycles. The van der Waals surface area contributed by atoms with Gasteiger partial charge in [0.05, 0.1) is 0 Å². The minimum atomic E-state index is -0.993. The molecule has 1 aliphatic rings. The number of hydrogen-bond acceptors (Lipinski definition) is 3. The molecular weight excluding hydrogens is 208 g/mol. The molecule has 16 heavy (non-hydrogen) atoms. The lowest BCUT2D eigenvalue weighted by Crippen LogP contribution is -2.38. The zero-order chi connectivity index (χ0) is 12.0. The summed E-state index contributed by atoms with van der Waals surface area (Å²) in [6.07, 6.45) is 3.59. The molecule has 0 aromatic heterocycles. The van der Waals surface area contributed by atoms with E-state index in [9.17, 15) is 9.59 Å². The van der Waals surface area contributed by atoms with Crippen molar-refractivity contribution in [2.45, 2.75) is 38.6 Å². The number of nitrogens with one attached hydrogen (secondary N) is 2. The second-order valence-corrected chi connectivity index (χ2v) is 4.38. The van der Waals surface area contributed by atoms with Crippen molar-refractivity contribution in [3.8, 4) is 0 Å². The largest absolute Gasteiger partial charge is 0.480 e. The first-order valence-corrected chi connectivity index (χ1v) is 5.82. The van der Waals surface area contributed by atoms with Gasteiger partial charge in [0.2, 0.25) is 5.91 Å². The van der Waals surface area contributed by atoms with E-state index in [4.69, 9.17) is 5.11 Å². The van der Waals surface area contributed by atoms with E-state index in [1.807, 2.05) is 0 Å². The highest BCUT2D eigenvalue weighted by molar-refractivity contribution is 5.83. The fraction of sp³-hybridized carbons (Fsp3) is 0.818. The molecule has 0 radical (unpaired) electrons. The van der Waals surface area contributed by atoms with Gasteiger partial charge < -0.3 is 15.7 Å². The van der Waals surface area contributed by atoms with Crippen LogP contribution in [0.25, 0.3) is 0 Å². The molecular formula is C11H20N2O3. The molecule has 1 heterocycles. The Morgan fingerprint density at radius 1 is 1.56 bits per heavy atom. The zero-order valence-corrected chi connectivity index (χ0v) is 9.66. The molecule has 1 amide bonds. The lowest BCUT2D eigenvalue weighted by molar-refractivity contribution is -0.141. The van der Waals surface area contributed by atoms with Gasteiger partial charge in [0, 0.05) is 6.42 Å². The molecule has 0 aromatic carbocycles. The average Bonchev–Trinajstić information content (AvgIpc) is 2.27. The summed E-state index contributed by atoms with van der Waals surface area (Å²) >= 11 is 0. The average molecular weight is 228 g/mol. The highest BCUT2D eigenvalue weighted by Crippen LogP contribution is 2.15. The smallest absolute Gasteiger partial charge is 0.325 e. The minimum Gasteiger partial charge on any atom is -0.480 e. The van der Waals surface area contributed by atoms with Crippen LogP contribution < -0.4 is 10.6 Å². The first-order valence-electron chi connectivity index (χ1n) is 5.82. The SMILES string of the molecule is C[C@@H](NC(=O)CCC1CCCNC1)C(=O)O. The summed E-state index contributed by atoms with van der Waals surface area (Å²) < 4.78 is 0. The maximum atomic E-state index is 11.4. The summed E-state index contributed by atoms with van der Waals surface area (Å²) in [5.74, 6) is -0.604. The Morgan fingerprint density at radius 2 is 2.31 bits per heavy atom. The summed E-state index contributed by atoms with van der Waals surface area (Å²) in [6, 6.07) is -0.794. The number of carboxylic acids is 1. The van der Waals surface area contributed by atoms with Crippen LogP contribution in [0.15, 0.2) is 0 Å². The molecule has 0 aromatic rings. The van der Waals surface area contributed by atoms with Crippen molar-refractivity contribution in [3.63, 3.8) is 0 Å². The molecule has 0 aliphatic carbocycles. The van der Waals surface area contributed by atoms with E-state index < -0.39 is 12.0 Å². The van der Waals surface area contributed by atoms with Crippen LogP contribution in [0.5, 0.6) is 0 Å². The molecule has 1 aliphatic heterocycles. The predicted octanol–water partition coefficient (Wildman–Crippen LogP) is 0.356. The van der Waals surface area contributed by atoms with E-state index in [1.54, 1.807) is 0 Å². The van der Waals surface area contributed by atoms with Crippen molar-refractivity contribution in [1.82, 2.24) is 10.6 Å². The molecule has 1 saturated heterocycles. The third-order valence-corrected chi connectivity index (χ3v) is 2.93. The summed E-state index contributed by atoms with van der Waals surface area (Å²) in [5, 5.41) is 14.4. The number of rotatable bonds is 5. The van der Waals surface area contributed by atoms with Gasteiger partial charge in [0.15, 0.2) is 0 Å². The van der Waals surface area contributed by atoms with Gasteiger partial charge in [-0.25, -0.2) is 0 Å². The van der Waals surface area contributed by atoms with Gasteiger partial charge >= 0.3 is 5.97 Å². The monoisotopic (exact) mass is 228 g/mol. The van der Waals surface area contributed by atoms with Crippen molar-refractivity contribution in [3.05, 3.63) is 0 Å². The number of hydrogen-bond donors (Lipinski definition) is 3. The zero-order valence-electron chi connectivity index (χ0n) is 9.66. The normalized spacial score (nSPS) is 22.4. The van der Waals surface area contributed by atoms with Crippen molar-refractivity contribution < 1.29 is 14.7 Å². The van der Waals surface area contributed by atoms with Crippen LogP contribution in [0, 0.1) is 5.92 Å². The number of aliphatic carboxylic acids is 1. The van der Waals surface area contributed by atoms with E-state index in [0.717, 1.165) is 32.4 Å². The van der Waals surface area contributed by atoms with Crippen molar-refractivity contribution in [2.75, 3.05) is 13.1 Å². The van der Waals surface area contributed by atoms with Gasteiger partial charge in [-0.3, -0.25) is 9.59 Å². The van der Waals surface area contributed by atoms with Crippen LogP contribution in [0.4, 0.5) is 0 Å². The molecule has 0 bridgehead atoms. The fourth-order valence-corrected chi connectivity index (χ4v) is 1.88. The lowest BCUT2D eigenvalue weighted by atomic mass is 9.94. The molecule has 0 spiro atoms. The Morgan fingerprint density at radius 3 is 2.88 bits per heavy atom. The Labute approximate surface area is 95.6 Å². The van der Waals surface area contributed by atoms with E-state index in [1.165, 1.54) is 6.92 Å². The van der Waals surface area contributed by atoms with E-state index in [-0.39, 0.29) is 5.91 Å². The third kappa shape index (κ3) is 4.61. The summed E-state index contributed by atoms with van der Waals surface area (Å²) in [6.45, 7) is 3.52. The Kier molecular flexibility index (Phi) is 5.25. The molecule has 5 nitrogen and oxygen atoms in total. The van der Waals surface area contributed by atoms with Crippen LogP contribution in [-0.2, 0) is 9.59 Å². The number of carboxylic acid groups (broad SMARTS) is 1. The fourth-order valence-electron chi connectivity index (χ4n) is 1.88. The topological polar surface area (TPSA) is 78.4 Å². The molecule has 5 heteroatoms. The number of piperidine rings is 1. The van der Waals surface area contributed by atoms with Gasteiger partial charge in [0.1, 0.15) is 6.04 Å². The van der Waals surface area contributed by atoms with Crippen LogP contribution in [0.1, 0.15) is 32.6 Å². The van der Waals surface area contributed by atoms with Gasteiger partial charge in [-0.15, -0.1) is 0 Å². The van der Waals surface area contributed by atoms with E-state index in [0.29, 0.717) is 12.3 Å². The Balaban J connectivity index is 2.16. The standard InChI is InChI=1S/C11H20N2O3/c1-8(11(15)16)13-10(14)5-4-9-3-2-6-12-7-9/h8-9,12H,2-7H2,1H3,(H,13,14)(H,15,16)/t8-,9?/m1/s1. The first kappa shape index (κ1) is 13.0. The third-order valence-electron chi connectivity index (χ3n) is 2.93. The van der Waals surface area contributed by atoms with Crippen LogP contribution in [0.3, 0.4) is 0 Å². The highest BCUT2D eigenvalue weighted by Gasteiger charge is 2.17. The number of amides is 1. The highest BCUT2D eigenvalue weighted by atomic mass is 16.4. The summed E-state index contributed by atoms with van der Waals surface area (Å²) in [5.41, 5.74) is 0. The van der Waals surface area contributed by atoms with E-state index >= 15 is 0 Å². The van der Waals surface area contributed by atoms with Crippen LogP contribution in [-0.4, -0.2) is 36.1 Å². The predicted molar refractivity (Wildman–Crippen MR) is 60.1 cm³/mol. The molecule has 1 unspecified atom stereocenters. The molecule has 1 fully saturated rings. The number of carbonyl (C=O) groups excluding carboxylic acids is 1. The van der Waals surface area contributed by atoms with Gasteiger partial charge in [0.25, 0.3) is 0 Å². The van der Waals surface area contributed by atoms with E-state index in [2.05, 4.69) is 10.6 Å². The van der Waals surface area contributed by atoms with Crippen LogP contribution >= 0.6 is 0 Å². The molecule has 3 N–H and O–H groups in total. The molecule has 92 valence electrons. The second kappa shape index (κ2) is 6.48. The summed E-state index contributed by atoms with van der Waals surface area (Å²) in [4.78, 5) is 21.9. The second-order valence-electron chi connectivity index (χ2n) is 4.38. The Bertz CT molecular complexity index is 250. The Hall–Kier alpha value is -1.10. The van der Waals surface area contributed by atoms with Gasteiger partial charge in [-0.05, 0) is 45.2 Å². The van der Waals surface area contributed by atoms with Gasteiger partial charge in [-0.2, -0.15) is 0 Å². The number of carbonyl (C=O) groups is 2. The summed E-state index contributed by atoms with van der Waals surface area (Å²) in [7, 11) is 0.